The molecule has 43 heavy (non-hydrogen) atoms. The van der Waals surface area contributed by atoms with E-state index in [2.05, 4.69) is 34.0 Å². The fourth-order valence-electron chi connectivity index (χ4n) is 7.02. The molecule has 0 N–H and O–H groups in total. The van der Waals surface area contributed by atoms with Crippen molar-refractivity contribution in [2.24, 2.45) is 7.05 Å². The molecule has 0 spiro atoms. The van der Waals surface area contributed by atoms with Gasteiger partial charge in [0.2, 0.25) is 5.92 Å². The Morgan fingerprint density at radius 3 is 2.49 bits per heavy atom. The van der Waals surface area contributed by atoms with Crippen LogP contribution in [0.5, 0.6) is 0 Å². The average Bonchev–Trinajstić information content (AvgIpc) is 3.49. The van der Waals surface area contributed by atoms with E-state index in [9.17, 15) is 26.7 Å². The number of aromatic nitrogens is 3. The first-order chi connectivity index (χ1) is 20.3. The number of nitrogens with zero attached hydrogens (tertiary/aromatic N) is 6. The first-order valence-electron chi connectivity index (χ1n) is 14.6. The fourth-order valence-corrected chi connectivity index (χ4v) is 7.02. The lowest BCUT2D eigenvalue weighted by atomic mass is 9.60. The van der Waals surface area contributed by atoms with Crippen LogP contribution in [0.1, 0.15) is 64.6 Å². The number of alkyl halides is 5. The molecule has 12 heteroatoms. The van der Waals surface area contributed by atoms with Gasteiger partial charge in [0.1, 0.15) is 12.2 Å². The Morgan fingerprint density at radius 2 is 1.84 bits per heavy atom. The maximum absolute atomic E-state index is 14.4. The number of piperazine rings is 1. The molecule has 1 saturated carbocycles. The number of hydrogen-bond donors (Lipinski definition) is 0. The average molecular weight is 603 g/mol. The third-order valence-electron chi connectivity index (χ3n) is 9.41. The Balaban J connectivity index is 1.30. The molecule has 1 aromatic heterocycles. The fraction of sp³-hybridized carbons (Fsp3) is 0.516. The highest BCUT2D eigenvalue weighted by atomic mass is 19.4. The number of anilines is 1. The highest BCUT2D eigenvalue weighted by molar-refractivity contribution is 6.10. The zero-order valence-electron chi connectivity index (χ0n) is 24.5. The molecule has 1 atom stereocenters. The molecule has 0 unspecified atom stereocenters. The number of likely N-dealkylation sites (N-methyl/N-ethyl adjacent to an activating group) is 1. The van der Waals surface area contributed by atoms with Gasteiger partial charge in [0.15, 0.2) is 0 Å². The summed E-state index contributed by atoms with van der Waals surface area (Å²) < 4.78 is 73.3. The van der Waals surface area contributed by atoms with E-state index in [1.165, 1.54) is 17.3 Å². The van der Waals surface area contributed by atoms with Crippen LogP contribution < -0.4 is 4.90 Å². The Morgan fingerprint density at radius 1 is 1.07 bits per heavy atom. The molecular weight excluding hydrogens is 567 g/mol. The van der Waals surface area contributed by atoms with Crippen molar-refractivity contribution in [2.45, 2.75) is 69.3 Å². The number of benzene rings is 2. The summed E-state index contributed by atoms with van der Waals surface area (Å²) in [7, 11) is 3.80. The molecule has 2 aliphatic heterocycles. The third kappa shape index (κ3) is 5.55. The van der Waals surface area contributed by atoms with Crippen molar-refractivity contribution in [3.8, 4) is 0 Å². The number of aryl methyl sites for hydroxylation is 1. The Kier molecular flexibility index (Phi) is 7.36. The highest BCUT2D eigenvalue weighted by Gasteiger charge is 2.57. The van der Waals surface area contributed by atoms with Gasteiger partial charge < -0.3 is 14.4 Å². The van der Waals surface area contributed by atoms with Crippen LogP contribution in [0, 0.1) is 0 Å². The molecule has 7 nitrogen and oxygen atoms in total. The maximum atomic E-state index is 14.4. The quantitative estimate of drug-likeness (QED) is 0.338. The number of halogens is 5. The highest BCUT2D eigenvalue weighted by Crippen LogP contribution is 2.55. The predicted molar refractivity (Wildman–Crippen MR) is 151 cm³/mol. The van der Waals surface area contributed by atoms with Crippen LogP contribution in [0.3, 0.4) is 0 Å². The molecule has 2 aromatic carbocycles. The summed E-state index contributed by atoms with van der Waals surface area (Å²) in [6.07, 6.45) is -2.74. The SMILES string of the molecule is CC[C@H]1CN(Cc2cc3c(c(C(F)(F)F)c2)CN(c2cccc(C4(Cc5nncn5C)CC(F)(F)C4)c2)C3=O)CCN1C. The second-order valence-corrected chi connectivity index (χ2v) is 12.4. The van der Waals surface area contributed by atoms with Crippen LogP contribution in [0.2, 0.25) is 0 Å². The molecule has 3 heterocycles. The molecule has 1 aliphatic carbocycles. The minimum Gasteiger partial charge on any atom is -0.321 e. The minimum atomic E-state index is -4.63. The van der Waals surface area contributed by atoms with E-state index >= 15 is 0 Å². The molecule has 1 amide bonds. The lowest BCUT2D eigenvalue weighted by molar-refractivity contribution is -0.138. The van der Waals surface area contributed by atoms with Gasteiger partial charge in [0.25, 0.3) is 5.91 Å². The molecule has 230 valence electrons. The van der Waals surface area contributed by atoms with E-state index in [0.717, 1.165) is 26.1 Å². The van der Waals surface area contributed by atoms with Gasteiger partial charge in [-0.25, -0.2) is 8.78 Å². The number of hydrogen-bond acceptors (Lipinski definition) is 5. The van der Waals surface area contributed by atoms with E-state index < -0.39 is 41.8 Å². The van der Waals surface area contributed by atoms with Gasteiger partial charge in [-0.15, -0.1) is 10.2 Å². The summed E-state index contributed by atoms with van der Waals surface area (Å²) in [5.74, 6) is -2.81. The maximum Gasteiger partial charge on any atom is 0.416 e. The van der Waals surface area contributed by atoms with Gasteiger partial charge in [0.05, 0.1) is 12.1 Å². The van der Waals surface area contributed by atoms with Crippen molar-refractivity contribution in [3.63, 3.8) is 0 Å². The largest absolute Gasteiger partial charge is 0.416 e. The summed E-state index contributed by atoms with van der Waals surface area (Å²) in [6, 6.07) is 9.81. The van der Waals surface area contributed by atoms with E-state index in [-0.39, 0.29) is 24.1 Å². The monoisotopic (exact) mass is 602 g/mol. The molecule has 1 saturated heterocycles. The number of carbonyl (C=O) groups excluding carboxylic acids is 1. The molecular formula is C31H35F5N6O. The van der Waals surface area contributed by atoms with E-state index in [1.54, 1.807) is 41.9 Å². The van der Waals surface area contributed by atoms with Crippen molar-refractivity contribution in [1.82, 2.24) is 24.6 Å². The summed E-state index contributed by atoms with van der Waals surface area (Å²) in [6.45, 7) is 4.47. The zero-order valence-corrected chi connectivity index (χ0v) is 24.5. The molecule has 2 fully saturated rings. The molecule has 3 aromatic rings. The Hall–Kier alpha value is -3.38. The first-order valence-corrected chi connectivity index (χ1v) is 14.6. The van der Waals surface area contributed by atoms with Crippen LogP contribution in [0.15, 0.2) is 42.7 Å². The van der Waals surface area contributed by atoms with Crippen molar-refractivity contribution in [2.75, 3.05) is 31.6 Å². The predicted octanol–water partition coefficient (Wildman–Crippen LogP) is 5.43. The number of amides is 1. The van der Waals surface area contributed by atoms with Crippen LogP contribution in [-0.4, -0.2) is 69.1 Å². The van der Waals surface area contributed by atoms with E-state index in [0.29, 0.717) is 35.2 Å². The van der Waals surface area contributed by atoms with Crippen molar-refractivity contribution >= 4 is 11.6 Å². The lowest BCUT2D eigenvalue weighted by Gasteiger charge is -2.48. The van der Waals surface area contributed by atoms with Gasteiger partial charge in [-0.3, -0.25) is 9.69 Å². The molecule has 0 bridgehead atoms. The van der Waals surface area contributed by atoms with Gasteiger partial charge >= 0.3 is 6.18 Å². The Bertz CT molecular complexity index is 1530. The summed E-state index contributed by atoms with van der Waals surface area (Å²) in [5.41, 5.74) is -0.315. The van der Waals surface area contributed by atoms with E-state index in [1.807, 2.05) is 0 Å². The smallest absolute Gasteiger partial charge is 0.321 e. The zero-order chi connectivity index (χ0) is 30.7. The number of fused-ring (bicyclic) bond motifs is 1. The lowest BCUT2D eigenvalue weighted by Crippen LogP contribution is -2.51. The standard InChI is InChI=1S/C31H35F5N6O/c1-4-22-15-41(9-8-39(22)2)14-20-10-24-25(26(11-20)31(34,35)36)16-42(28(24)43)23-7-5-6-21(12-23)29(17-30(32,33)18-29)13-27-38-37-19-40(27)3/h5-7,10-12,19,22H,4,8-9,13-18H2,1-3H3/t22-/m0/s1. The normalized spacial score (nSPS) is 22.1. The van der Waals surface area contributed by atoms with Crippen LogP contribution in [0.4, 0.5) is 27.6 Å². The molecule has 3 aliphatic rings. The number of rotatable bonds is 7. The van der Waals surface area contributed by atoms with Crippen molar-refractivity contribution < 1.29 is 26.7 Å². The number of carbonyl (C=O) groups is 1. The second kappa shape index (κ2) is 10.7. The van der Waals surface area contributed by atoms with Gasteiger partial charge in [0, 0.05) is 75.2 Å². The first kappa shape index (κ1) is 29.7. The van der Waals surface area contributed by atoms with Gasteiger partial charge in [-0.1, -0.05) is 19.1 Å². The van der Waals surface area contributed by atoms with Crippen LogP contribution >= 0.6 is 0 Å². The topological polar surface area (TPSA) is 57.5 Å². The van der Waals surface area contributed by atoms with Gasteiger partial charge in [-0.05, 0) is 54.4 Å². The second-order valence-electron chi connectivity index (χ2n) is 12.4. The van der Waals surface area contributed by atoms with Crippen molar-refractivity contribution in [3.05, 3.63) is 76.4 Å². The van der Waals surface area contributed by atoms with Crippen molar-refractivity contribution in [1.29, 1.82) is 0 Å². The van der Waals surface area contributed by atoms with Crippen LogP contribution in [0.25, 0.3) is 0 Å². The minimum absolute atomic E-state index is 0.0420. The van der Waals surface area contributed by atoms with Crippen LogP contribution in [-0.2, 0) is 38.1 Å². The summed E-state index contributed by atoms with van der Waals surface area (Å²) in [4.78, 5) is 19.4. The van der Waals surface area contributed by atoms with E-state index in [4.69, 9.17) is 0 Å². The van der Waals surface area contributed by atoms with Gasteiger partial charge in [-0.2, -0.15) is 13.2 Å². The Labute approximate surface area is 247 Å². The molecule has 0 radical (unpaired) electrons. The third-order valence-corrected chi connectivity index (χ3v) is 9.41. The summed E-state index contributed by atoms with van der Waals surface area (Å²) >= 11 is 0. The summed E-state index contributed by atoms with van der Waals surface area (Å²) in [5, 5.41) is 7.95. The molecule has 6 rings (SSSR count).